The average molecular weight is 294 g/mol. The van der Waals surface area contributed by atoms with Gasteiger partial charge in [0.25, 0.3) is 0 Å². The number of hydrogen-bond donors (Lipinski definition) is 4. The summed E-state index contributed by atoms with van der Waals surface area (Å²) in [5.74, 6) is 0. The summed E-state index contributed by atoms with van der Waals surface area (Å²) in [6.07, 6.45) is 0.0337. The molecule has 1 rings (SSSR count). The second-order valence-corrected chi connectivity index (χ2v) is 7.65. The van der Waals surface area contributed by atoms with Crippen LogP contribution in [0.3, 0.4) is 0 Å². The van der Waals surface area contributed by atoms with Crippen LogP contribution < -0.4 is 0 Å². The Labute approximate surface area is 105 Å². The lowest BCUT2D eigenvalue weighted by Gasteiger charge is -2.07. The van der Waals surface area contributed by atoms with Gasteiger partial charge in [0, 0.05) is 0 Å². The van der Waals surface area contributed by atoms with Gasteiger partial charge >= 0.3 is 15.2 Å². The molecule has 0 saturated heterocycles. The van der Waals surface area contributed by atoms with Crippen LogP contribution in [0.1, 0.15) is 11.1 Å². The first-order valence-corrected chi connectivity index (χ1v) is 8.92. The fourth-order valence-corrected chi connectivity index (χ4v) is 2.59. The highest BCUT2D eigenvalue weighted by Crippen LogP contribution is 2.36. The molecular formula is C10H16O6P2. The molecule has 102 valence electrons. The van der Waals surface area contributed by atoms with Gasteiger partial charge in [0.2, 0.25) is 0 Å². The van der Waals surface area contributed by atoms with Crippen molar-refractivity contribution in [1.29, 1.82) is 0 Å². The van der Waals surface area contributed by atoms with E-state index in [9.17, 15) is 9.13 Å². The molecule has 0 unspecified atom stereocenters. The largest absolute Gasteiger partial charge is 0.325 e. The minimum absolute atomic E-state index is 0.227. The molecule has 0 aliphatic heterocycles. The van der Waals surface area contributed by atoms with Crippen LogP contribution >= 0.6 is 15.2 Å². The van der Waals surface area contributed by atoms with E-state index in [0.717, 1.165) is 11.1 Å². The van der Waals surface area contributed by atoms with Crippen LogP contribution in [0.15, 0.2) is 24.3 Å². The summed E-state index contributed by atoms with van der Waals surface area (Å²) in [5, 5.41) is 0. The third-order valence-corrected chi connectivity index (χ3v) is 3.99. The standard InChI is InChI=1S/C10H16O6P2/c11-17(12,13)6-4-9-2-1-3-10(8-9)5-7-18(14,15)16/h1-3,8H,4-7H2,(H2,11,12,13)(H2,14,15,16). The van der Waals surface area contributed by atoms with Gasteiger partial charge in [-0.15, -0.1) is 0 Å². The van der Waals surface area contributed by atoms with Gasteiger partial charge in [-0.1, -0.05) is 24.3 Å². The molecule has 0 aliphatic carbocycles. The van der Waals surface area contributed by atoms with Crippen molar-refractivity contribution < 1.29 is 28.7 Å². The highest BCUT2D eigenvalue weighted by Gasteiger charge is 2.14. The first-order chi connectivity index (χ1) is 8.16. The summed E-state index contributed by atoms with van der Waals surface area (Å²) < 4.78 is 21.5. The van der Waals surface area contributed by atoms with Crippen molar-refractivity contribution in [2.75, 3.05) is 12.3 Å². The van der Waals surface area contributed by atoms with Crippen molar-refractivity contribution in [2.45, 2.75) is 12.8 Å². The Morgan fingerprint density at radius 3 is 1.56 bits per heavy atom. The zero-order valence-electron chi connectivity index (χ0n) is 9.64. The molecule has 18 heavy (non-hydrogen) atoms. The van der Waals surface area contributed by atoms with Crippen molar-refractivity contribution in [3.8, 4) is 0 Å². The molecule has 0 radical (unpaired) electrons. The van der Waals surface area contributed by atoms with Gasteiger partial charge in [-0.3, -0.25) is 9.13 Å². The van der Waals surface area contributed by atoms with Crippen LogP contribution in [0.4, 0.5) is 0 Å². The van der Waals surface area contributed by atoms with Crippen LogP contribution in [0.5, 0.6) is 0 Å². The number of hydrogen-bond acceptors (Lipinski definition) is 2. The fraction of sp³-hybridized carbons (Fsp3) is 0.400. The summed E-state index contributed by atoms with van der Waals surface area (Å²) in [5.41, 5.74) is 1.50. The van der Waals surface area contributed by atoms with E-state index in [-0.39, 0.29) is 25.2 Å². The van der Waals surface area contributed by atoms with Gasteiger partial charge in [-0.25, -0.2) is 0 Å². The molecule has 8 heteroatoms. The number of rotatable bonds is 6. The Balaban J connectivity index is 2.62. The summed E-state index contributed by atoms with van der Waals surface area (Å²) in [6.45, 7) is 0. The van der Waals surface area contributed by atoms with Gasteiger partial charge in [-0.2, -0.15) is 0 Å². The van der Waals surface area contributed by atoms with E-state index in [1.807, 2.05) is 0 Å². The molecule has 4 N–H and O–H groups in total. The number of aryl methyl sites for hydroxylation is 2. The number of benzene rings is 1. The molecule has 0 heterocycles. The molecule has 0 bridgehead atoms. The molecule has 0 aromatic heterocycles. The molecule has 0 fully saturated rings. The maximum absolute atomic E-state index is 10.7. The van der Waals surface area contributed by atoms with E-state index in [4.69, 9.17) is 19.6 Å². The predicted molar refractivity (Wildman–Crippen MR) is 67.7 cm³/mol. The van der Waals surface area contributed by atoms with E-state index in [0.29, 0.717) is 0 Å². The van der Waals surface area contributed by atoms with Gasteiger partial charge in [0.15, 0.2) is 0 Å². The van der Waals surface area contributed by atoms with Gasteiger partial charge in [-0.05, 0) is 24.0 Å². The summed E-state index contributed by atoms with van der Waals surface area (Å²) >= 11 is 0. The van der Waals surface area contributed by atoms with Crippen LogP contribution in [-0.2, 0) is 22.0 Å². The molecule has 0 saturated carbocycles. The van der Waals surface area contributed by atoms with E-state index < -0.39 is 15.2 Å². The third kappa shape index (κ3) is 7.07. The maximum Gasteiger partial charge on any atom is 0.325 e. The lowest BCUT2D eigenvalue weighted by atomic mass is 10.1. The Bertz CT molecular complexity index is 448. The first kappa shape index (κ1) is 15.6. The van der Waals surface area contributed by atoms with Crippen molar-refractivity contribution in [2.24, 2.45) is 0 Å². The van der Waals surface area contributed by atoms with Crippen LogP contribution in [-0.4, -0.2) is 31.9 Å². The monoisotopic (exact) mass is 294 g/mol. The highest BCUT2D eigenvalue weighted by molar-refractivity contribution is 7.52. The second kappa shape index (κ2) is 6.11. The SMILES string of the molecule is O=P(O)(O)CCc1cccc(CCP(=O)(O)O)c1. The van der Waals surface area contributed by atoms with Crippen molar-refractivity contribution >= 4 is 15.2 Å². The Hall–Kier alpha value is -0.480. The summed E-state index contributed by atoms with van der Waals surface area (Å²) in [7, 11) is -8.03. The quantitative estimate of drug-likeness (QED) is 0.585. The van der Waals surface area contributed by atoms with Gasteiger partial charge < -0.3 is 19.6 Å². The predicted octanol–water partition coefficient (Wildman–Crippen LogP) is 1.13. The Kier molecular flexibility index (Phi) is 5.29. The van der Waals surface area contributed by atoms with Crippen LogP contribution in [0.25, 0.3) is 0 Å². The second-order valence-electron chi connectivity index (χ2n) is 4.10. The molecule has 0 spiro atoms. The average Bonchev–Trinajstić information content (AvgIpc) is 2.22. The Morgan fingerprint density at radius 2 is 1.22 bits per heavy atom. The van der Waals surface area contributed by atoms with E-state index >= 15 is 0 Å². The van der Waals surface area contributed by atoms with Crippen LogP contribution in [0, 0.1) is 0 Å². The first-order valence-electron chi connectivity index (χ1n) is 5.33. The van der Waals surface area contributed by atoms with Gasteiger partial charge in [0.05, 0.1) is 12.3 Å². The van der Waals surface area contributed by atoms with E-state index in [1.165, 1.54) is 0 Å². The minimum Gasteiger partial charge on any atom is -0.324 e. The lowest BCUT2D eigenvalue weighted by Crippen LogP contribution is -1.97. The minimum atomic E-state index is -4.01. The third-order valence-electron chi connectivity index (χ3n) is 2.37. The molecule has 1 aromatic rings. The molecular weight excluding hydrogens is 278 g/mol. The van der Waals surface area contributed by atoms with E-state index in [1.54, 1.807) is 24.3 Å². The van der Waals surface area contributed by atoms with Crippen LogP contribution in [0.2, 0.25) is 0 Å². The van der Waals surface area contributed by atoms with Crippen molar-refractivity contribution in [3.05, 3.63) is 35.4 Å². The Morgan fingerprint density at radius 1 is 0.833 bits per heavy atom. The lowest BCUT2D eigenvalue weighted by molar-refractivity contribution is 0.371. The fourth-order valence-electron chi connectivity index (χ4n) is 1.49. The zero-order chi connectivity index (χ0) is 13.8. The topological polar surface area (TPSA) is 115 Å². The smallest absolute Gasteiger partial charge is 0.324 e. The highest BCUT2D eigenvalue weighted by atomic mass is 31.2. The molecule has 0 aliphatic rings. The zero-order valence-corrected chi connectivity index (χ0v) is 11.4. The van der Waals surface area contributed by atoms with Crippen molar-refractivity contribution in [3.63, 3.8) is 0 Å². The molecule has 0 atom stereocenters. The maximum atomic E-state index is 10.7. The molecule has 0 amide bonds. The molecule has 6 nitrogen and oxygen atoms in total. The molecule has 1 aromatic carbocycles. The van der Waals surface area contributed by atoms with Gasteiger partial charge in [0.1, 0.15) is 0 Å². The summed E-state index contributed by atoms with van der Waals surface area (Å²) in [6, 6.07) is 6.89. The van der Waals surface area contributed by atoms with E-state index in [2.05, 4.69) is 0 Å². The van der Waals surface area contributed by atoms with Crippen molar-refractivity contribution in [1.82, 2.24) is 0 Å². The normalized spacial score (nSPS) is 12.7. The summed E-state index contributed by atoms with van der Waals surface area (Å²) in [4.78, 5) is 35.1.